The zero-order chi connectivity index (χ0) is 11.5. The fourth-order valence-corrected chi connectivity index (χ4v) is 1.19. The summed E-state index contributed by atoms with van der Waals surface area (Å²) in [4.78, 5) is 7.42. The van der Waals surface area contributed by atoms with Crippen molar-refractivity contribution < 1.29 is 13.2 Å². The highest BCUT2D eigenvalue weighted by Crippen LogP contribution is 2.24. The molecule has 2 rings (SSSR count). The van der Waals surface area contributed by atoms with E-state index in [9.17, 15) is 8.78 Å². The van der Waals surface area contributed by atoms with Crippen molar-refractivity contribution in [2.24, 2.45) is 5.84 Å². The fraction of sp³-hybridized carbons (Fsp3) is 0.111. The third-order valence-corrected chi connectivity index (χ3v) is 1.87. The van der Waals surface area contributed by atoms with Gasteiger partial charge in [0.2, 0.25) is 5.95 Å². The highest BCUT2D eigenvalue weighted by atomic mass is 19.3. The number of nitrogen functional groups attached to an aromatic ring is 1. The van der Waals surface area contributed by atoms with Crippen molar-refractivity contribution >= 4 is 5.95 Å². The summed E-state index contributed by atoms with van der Waals surface area (Å²) in [5.74, 6) is 5.39. The summed E-state index contributed by atoms with van der Waals surface area (Å²) in [5.41, 5.74) is 1.97. The maximum atomic E-state index is 12.5. The van der Waals surface area contributed by atoms with Gasteiger partial charge in [-0.2, -0.15) is 0 Å². The predicted octanol–water partition coefficient (Wildman–Crippen LogP) is 1.96. The van der Waals surface area contributed by atoms with Crippen molar-refractivity contribution in [3.8, 4) is 11.5 Å². The van der Waals surface area contributed by atoms with Crippen molar-refractivity contribution in [1.29, 1.82) is 0 Å². The number of hydrogen-bond acceptors (Lipinski definition) is 5. The number of alkyl halides is 2. The van der Waals surface area contributed by atoms with Crippen LogP contribution in [0.4, 0.5) is 14.7 Å². The Hall–Kier alpha value is -2.02. The summed E-state index contributed by atoms with van der Waals surface area (Å²) in [6, 6.07) is 4.40. The Bertz CT molecular complexity index is 472. The van der Waals surface area contributed by atoms with Crippen LogP contribution in [0.25, 0.3) is 11.5 Å². The highest BCUT2D eigenvalue weighted by Gasteiger charge is 2.14. The Morgan fingerprint density at radius 2 is 2.19 bits per heavy atom. The first-order valence-corrected chi connectivity index (χ1v) is 4.38. The lowest BCUT2D eigenvalue weighted by atomic mass is 10.2. The van der Waals surface area contributed by atoms with Crippen LogP contribution in [0.3, 0.4) is 0 Å². The number of nitrogens with zero attached hydrogens (tertiary/aromatic N) is 2. The van der Waals surface area contributed by atoms with Gasteiger partial charge in [-0.3, -0.25) is 5.43 Å². The van der Waals surface area contributed by atoms with E-state index in [0.717, 1.165) is 6.07 Å². The van der Waals surface area contributed by atoms with Crippen LogP contribution in [0.5, 0.6) is 0 Å². The van der Waals surface area contributed by atoms with Crippen LogP contribution in [0.1, 0.15) is 12.1 Å². The maximum Gasteiger partial charge on any atom is 0.280 e. The zero-order valence-electron chi connectivity index (χ0n) is 8.02. The van der Waals surface area contributed by atoms with Crippen LogP contribution in [0, 0.1) is 0 Å². The van der Waals surface area contributed by atoms with Gasteiger partial charge < -0.3 is 4.42 Å². The molecule has 0 radical (unpaired) electrons. The van der Waals surface area contributed by atoms with Gasteiger partial charge in [-0.25, -0.2) is 24.6 Å². The molecule has 2 heterocycles. The number of anilines is 1. The lowest BCUT2D eigenvalue weighted by Gasteiger charge is -2.05. The molecule has 0 saturated heterocycles. The maximum absolute atomic E-state index is 12.5. The molecule has 84 valence electrons. The first-order chi connectivity index (χ1) is 7.70. The second-order valence-corrected chi connectivity index (χ2v) is 2.92. The van der Waals surface area contributed by atoms with E-state index in [1.807, 2.05) is 0 Å². The molecular formula is C9H8F2N4O. The predicted molar refractivity (Wildman–Crippen MR) is 52.5 cm³/mol. The second kappa shape index (κ2) is 4.23. The van der Waals surface area contributed by atoms with E-state index in [4.69, 9.17) is 10.3 Å². The van der Waals surface area contributed by atoms with Gasteiger partial charge in [0.05, 0.1) is 6.26 Å². The molecule has 16 heavy (non-hydrogen) atoms. The average Bonchev–Trinajstić information content (AvgIpc) is 2.81. The molecule has 0 amide bonds. The van der Waals surface area contributed by atoms with E-state index in [2.05, 4.69) is 15.4 Å². The molecule has 0 aliphatic carbocycles. The Morgan fingerprint density at radius 1 is 1.38 bits per heavy atom. The average molecular weight is 226 g/mol. The molecule has 7 heteroatoms. The number of furan rings is 1. The van der Waals surface area contributed by atoms with Gasteiger partial charge in [-0.1, -0.05) is 0 Å². The molecule has 0 aliphatic rings. The van der Waals surface area contributed by atoms with Crippen molar-refractivity contribution in [2.75, 3.05) is 5.43 Å². The van der Waals surface area contributed by atoms with Crippen LogP contribution < -0.4 is 11.3 Å². The Morgan fingerprint density at radius 3 is 2.75 bits per heavy atom. The number of hydrazine groups is 1. The number of nitrogens with two attached hydrogens (primary N) is 1. The molecule has 0 atom stereocenters. The fourth-order valence-electron chi connectivity index (χ4n) is 1.19. The zero-order valence-corrected chi connectivity index (χ0v) is 8.02. The van der Waals surface area contributed by atoms with Gasteiger partial charge in [0, 0.05) is 0 Å². The molecule has 0 fully saturated rings. The van der Waals surface area contributed by atoms with Crippen LogP contribution >= 0.6 is 0 Å². The molecular weight excluding hydrogens is 218 g/mol. The summed E-state index contributed by atoms with van der Waals surface area (Å²) < 4.78 is 30.1. The molecule has 0 aliphatic heterocycles. The third-order valence-electron chi connectivity index (χ3n) is 1.87. The quantitative estimate of drug-likeness (QED) is 0.618. The van der Waals surface area contributed by atoms with Crippen LogP contribution in [-0.4, -0.2) is 9.97 Å². The summed E-state index contributed by atoms with van der Waals surface area (Å²) >= 11 is 0. The number of halogens is 2. The molecule has 2 aromatic heterocycles. The van der Waals surface area contributed by atoms with E-state index < -0.39 is 12.1 Å². The summed E-state index contributed by atoms with van der Waals surface area (Å²) in [7, 11) is 0. The molecule has 5 nitrogen and oxygen atoms in total. The molecule has 3 N–H and O–H groups in total. The minimum absolute atomic E-state index is 0.0794. The molecule has 0 unspecified atom stereocenters. The largest absolute Gasteiger partial charge is 0.463 e. The van der Waals surface area contributed by atoms with Gasteiger partial charge in [0.25, 0.3) is 6.43 Å². The third kappa shape index (κ3) is 1.98. The molecule has 2 aromatic rings. The van der Waals surface area contributed by atoms with Crippen LogP contribution in [0.15, 0.2) is 28.9 Å². The van der Waals surface area contributed by atoms with Gasteiger partial charge in [-0.05, 0) is 18.2 Å². The van der Waals surface area contributed by atoms with Gasteiger partial charge in [-0.15, -0.1) is 0 Å². The monoisotopic (exact) mass is 226 g/mol. The molecule has 0 saturated carbocycles. The first-order valence-electron chi connectivity index (χ1n) is 4.38. The van der Waals surface area contributed by atoms with E-state index in [1.54, 1.807) is 12.1 Å². The van der Waals surface area contributed by atoms with Gasteiger partial charge >= 0.3 is 0 Å². The Labute approximate surface area is 89.3 Å². The van der Waals surface area contributed by atoms with Gasteiger partial charge in [0.1, 0.15) is 11.4 Å². The Balaban J connectivity index is 2.49. The first kappa shape index (κ1) is 10.5. The lowest BCUT2D eigenvalue weighted by molar-refractivity contribution is 0.146. The van der Waals surface area contributed by atoms with Crippen molar-refractivity contribution in [1.82, 2.24) is 9.97 Å². The van der Waals surface area contributed by atoms with Crippen molar-refractivity contribution in [3.05, 3.63) is 30.2 Å². The van der Waals surface area contributed by atoms with Crippen LogP contribution in [0.2, 0.25) is 0 Å². The molecule has 0 bridgehead atoms. The van der Waals surface area contributed by atoms with E-state index in [-0.39, 0.29) is 11.6 Å². The summed E-state index contributed by atoms with van der Waals surface area (Å²) in [6.07, 6.45) is -1.27. The number of nitrogens with one attached hydrogen (secondary N) is 1. The molecule has 0 spiro atoms. The minimum atomic E-state index is -2.69. The lowest BCUT2D eigenvalue weighted by Crippen LogP contribution is -2.12. The van der Waals surface area contributed by atoms with Crippen molar-refractivity contribution in [2.45, 2.75) is 6.43 Å². The minimum Gasteiger partial charge on any atom is -0.463 e. The van der Waals surface area contributed by atoms with E-state index in [1.165, 1.54) is 6.26 Å². The van der Waals surface area contributed by atoms with Crippen LogP contribution in [-0.2, 0) is 0 Å². The van der Waals surface area contributed by atoms with E-state index in [0.29, 0.717) is 5.76 Å². The summed E-state index contributed by atoms with van der Waals surface area (Å²) in [6.45, 7) is 0. The number of rotatable bonds is 3. The SMILES string of the molecule is NNc1nc(-c2ccco2)cc(C(F)F)n1. The highest BCUT2D eigenvalue weighted by molar-refractivity contribution is 5.54. The Kier molecular flexibility index (Phi) is 2.78. The van der Waals surface area contributed by atoms with E-state index >= 15 is 0 Å². The normalized spacial score (nSPS) is 10.8. The number of aromatic nitrogens is 2. The standard InChI is InChI=1S/C9H8F2N4O/c10-8(11)6-4-5(7-2-1-3-16-7)13-9(14-6)15-12/h1-4,8H,12H2,(H,13,14,15). The summed E-state index contributed by atoms with van der Waals surface area (Å²) in [5, 5.41) is 0. The topological polar surface area (TPSA) is 77.0 Å². The van der Waals surface area contributed by atoms with Gasteiger partial charge in [0.15, 0.2) is 5.76 Å². The van der Waals surface area contributed by atoms with Crippen molar-refractivity contribution in [3.63, 3.8) is 0 Å². The molecule has 0 aromatic carbocycles. The number of hydrogen-bond donors (Lipinski definition) is 2. The smallest absolute Gasteiger partial charge is 0.280 e. The second-order valence-electron chi connectivity index (χ2n) is 2.92.